The summed E-state index contributed by atoms with van der Waals surface area (Å²) in [6.07, 6.45) is 9.27. The van der Waals surface area contributed by atoms with Crippen molar-refractivity contribution in [2.45, 2.75) is 71.6 Å². The van der Waals surface area contributed by atoms with Crippen LogP contribution in [0.4, 0.5) is 0 Å². The Kier molecular flexibility index (Phi) is 5.28. The normalized spacial score (nSPS) is 17.9. The molecule has 6 rings (SSSR count). The van der Waals surface area contributed by atoms with E-state index in [0.717, 1.165) is 55.5 Å². The average molecular weight is 476 g/mol. The molecule has 4 aromatic heterocycles. The van der Waals surface area contributed by atoms with Gasteiger partial charge < -0.3 is 9.88 Å². The number of hydrogen-bond acceptors (Lipinski definition) is 4. The summed E-state index contributed by atoms with van der Waals surface area (Å²) in [7, 11) is 0. The molecule has 1 aliphatic heterocycles. The summed E-state index contributed by atoms with van der Waals surface area (Å²) in [5.74, 6) is 1.67. The average Bonchev–Trinajstić information content (AvgIpc) is 3.47. The highest BCUT2D eigenvalue weighted by Gasteiger charge is 2.33. The molecule has 2 fully saturated rings. The number of carbonyl (C=O) groups excluding carboxylic acids is 1. The van der Waals surface area contributed by atoms with Gasteiger partial charge in [-0.15, -0.1) is 11.3 Å². The Labute approximate surface area is 204 Å². The molecule has 0 atom stereocenters. The number of aryl methyl sites for hydroxylation is 2. The fourth-order valence-electron chi connectivity index (χ4n) is 5.95. The minimum absolute atomic E-state index is 0.311. The van der Waals surface area contributed by atoms with Crippen LogP contribution in [0.1, 0.15) is 79.4 Å². The van der Waals surface area contributed by atoms with E-state index in [1.54, 1.807) is 6.33 Å². The fraction of sp³-hybridized carbons (Fsp3) is 0.519. The fourth-order valence-corrected chi connectivity index (χ4v) is 7.35. The van der Waals surface area contributed by atoms with Crippen LogP contribution in [0.3, 0.4) is 0 Å². The van der Waals surface area contributed by atoms with E-state index in [2.05, 4.69) is 59.9 Å². The van der Waals surface area contributed by atoms with Crippen LogP contribution in [0.25, 0.3) is 27.1 Å². The van der Waals surface area contributed by atoms with Gasteiger partial charge in [-0.3, -0.25) is 4.79 Å². The summed E-state index contributed by atoms with van der Waals surface area (Å²) >= 11 is 1.92. The van der Waals surface area contributed by atoms with Gasteiger partial charge in [-0.1, -0.05) is 20.3 Å². The Morgan fingerprint density at radius 2 is 1.94 bits per heavy atom. The molecule has 178 valence electrons. The molecule has 1 saturated carbocycles. The number of piperidine rings is 1. The molecule has 7 heteroatoms. The molecule has 0 unspecified atom stereocenters. The molecule has 6 nitrogen and oxygen atoms in total. The van der Waals surface area contributed by atoms with Crippen LogP contribution < -0.4 is 0 Å². The smallest absolute Gasteiger partial charge is 0.225 e. The van der Waals surface area contributed by atoms with Crippen LogP contribution >= 0.6 is 11.3 Å². The van der Waals surface area contributed by atoms with E-state index in [-0.39, 0.29) is 0 Å². The second kappa shape index (κ2) is 8.22. The van der Waals surface area contributed by atoms with E-state index >= 15 is 0 Å². The standard InChI is InChI=1S/C27H33N5OS/c1-15(2)21-22-17(4)24(18-8-10-31(11-9-18)27(33)19-6-5-7-19)34-26(22)30-23(21)20-12-16(3)25-28-14-29-32(25)13-20/h12-15,18-19,30H,5-11H2,1-4H3. The maximum Gasteiger partial charge on any atom is 0.225 e. The second-order valence-electron chi connectivity index (χ2n) is 10.5. The first-order chi connectivity index (χ1) is 16.4. The predicted molar refractivity (Wildman–Crippen MR) is 138 cm³/mol. The molecular formula is C27H33N5OS. The highest BCUT2D eigenvalue weighted by atomic mass is 32.1. The molecule has 4 aromatic rings. The van der Waals surface area contributed by atoms with Crippen LogP contribution in [0.2, 0.25) is 0 Å². The van der Waals surface area contributed by atoms with Crippen molar-refractivity contribution in [3.63, 3.8) is 0 Å². The van der Waals surface area contributed by atoms with Crippen LogP contribution in [-0.4, -0.2) is 43.5 Å². The maximum atomic E-state index is 12.7. The van der Waals surface area contributed by atoms with E-state index in [1.165, 1.54) is 38.3 Å². The SMILES string of the molecule is Cc1c(C2CCN(C(=O)C3CCC3)CC2)sc2[nH]c(-c3cc(C)c4ncnn4c3)c(C(C)C)c12. The number of pyridine rings is 1. The molecule has 5 heterocycles. The monoisotopic (exact) mass is 475 g/mol. The molecule has 1 amide bonds. The quantitative estimate of drug-likeness (QED) is 0.383. The lowest BCUT2D eigenvalue weighted by Crippen LogP contribution is -2.43. The third-order valence-corrected chi connectivity index (χ3v) is 9.39. The third kappa shape index (κ3) is 3.39. The van der Waals surface area contributed by atoms with Gasteiger partial charge in [0, 0.05) is 41.0 Å². The number of amides is 1. The van der Waals surface area contributed by atoms with Crippen molar-refractivity contribution in [2.75, 3.05) is 13.1 Å². The molecule has 0 aromatic carbocycles. The van der Waals surface area contributed by atoms with Crippen molar-refractivity contribution in [3.05, 3.63) is 40.2 Å². The lowest BCUT2D eigenvalue weighted by Gasteiger charge is -2.36. The predicted octanol–water partition coefficient (Wildman–Crippen LogP) is 6.19. The van der Waals surface area contributed by atoms with Gasteiger partial charge >= 0.3 is 0 Å². The Morgan fingerprint density at radius 3 is 2.62 bits per heavy atom. The second-order valence-corrected chi connectivity index (χ2v) is 11.6. The van der Waals surface area contributed by atoms with Crippen molar-refractivity contribution >= 4 is 33.1 Å². The van der Waals surface area contributed by atoms with Crippen LogP contribution in [-0.2, 0) is 4.79 Å². The molecular weight excluding hydrogens is 442 g/mol. The number of rotatable bonds is 4. The van der Waals surface area contributed by atoms with Crippen molar-refractivity contribution in [1.29, 1.82) is 0 Å². The topological polar surface area (TPSA) is 66.3 Å². The Balaban J connectivity index is 1.33. The van der Waals surface area contributed by atoms with Crippen LogP contribution in [0, 0.1) is 19.8 Å². The number of fused-ring (bicyclic) bond motifs is 2. The number of carbonyl (C=O) groups is 1. The molecule has 1 aliphatic carbocycles. The van der Waals surface area contributed by atoms with Gasteiger partial charge in [0.2, 0.25) is 5.91 Å². The first kappa shape index (κ1) is 21.8. The van der Waals surface area contributed by atoms with Gasteiger partial charge in [0.1, 0.15) is 11.2 Å². The minimum Gasteiger partial charge on any atom is -0.346 e. The first-order valence-corrected chi connectivity index (χ1v) is 13.5. The Hall–Kier alpha value is -2.67. The van der Waals surface area contributed by atoms with E-state index in [0.29, 0.717) is 23.7 Å². The first-order valence-electron chi connectivity index (χ1n) is 12.7. The lowest BCUT2D eigenvalue weighted by atomic mass is 9.83. The molecule has 0 bridgehead atoms. The van der Waals surface area contributed by atoms with Crippen LogP contribution in [0.5, 0.6) is 0 Å². The van der Waals surface area contributed by atoms with Crippen molar-refractivity contribution in [1.82, 2.24) is 24.5 Å². The van der Waals surface area contributed by atoms with E-state index in [9.17, 15) is 4.79 Å². The molecule has 0 spiro atoms. The number of H-pyrrole nitrogens is 1. The zero-order chi connectivity index (χ0) is 23.6. The largest absolute Gasteiger partial charge is 0.346 e. The van der Waals surface area contributed by atoms with Crippen molar-refractivity contribution < 1.29 is 4.79 Å². The molecule has 0 radical (unpaired) electrons. The van der Waals surface area contributed by atoms with Gasteiger partial charge in [0.15, 0.2) is 5.65 Å². The number of likely N-dealkylation sites (tertiary alicyclic amines) is 1. The van der Waals surface area contributed by atoms with Gasteiger partial charge in [0.05, 0.1) is 5.69 Å². The lowest BCUT2D eigenvalue weighted by molar-refractivity contribution is -0.139. The highest BCUT2D eigenvalue weighted by molar-refractivity contribution is 7.19. The molecule has 34 heavy (non-hydrogen) atoms. The van der Waals surface area contributed by atoms with E-state index in [4.69, 9.17) is 0 Å². The summed E-state index contributed by atoms with van der Waals surface area (Å²) in [6.45, 7) is 10.8. The number of nitrogens with zero attached hydrogens (tertiary/aromatic N) is 4. The highest BCUT2D eigenvalue weighted by Crippen LogP contribution is 2.46. The van der Waals surface area contributed by atoms with Gasteiger partial charge in [0.25, 0.3) is 0 Å². The third-order valence-electron chi connectivity index (χ3n) is 8.02. The summed E-state index contributed by atoms with van der Waals surface area (Å²) < 4.78 is 1.88. The van der Waals surface area contributed by atoms with Crippen molar-refractivity contribution in [3.8, 4) is 11.3 Å². The number of thiophene rings is 1. The summed E-state index contributed by atoms with van der Waals surface area (Å²) in [5, 5.41) is 5.78. The van der Waals surface area contributed by atoms with Crippen LogP contribution in [0.15, 0.2) is 18.6 Å². The van der Waals surface area contributed by atoms with Gasteiger partial charge in [-0.25, -0.2) is 9.50 Å². The van der Waals surface area contributed by atoms with E-state index in [1.807, 2.05) is 15.9 Å². The molecule has 1 N–H and O–H groups in total. The Morgan fingerprint density at radius 1 is 1.18 bits per heavy atom. The number of hydrogen-bond donors (Lipinski definition) is 1. The van der Waals surface area contributed by atoms with Crippen molar-refractivity contribution in [2.24, 2.45) is 5.92 Å². The molecule has 1 saturated heterocycles. The zero-order valence-electron chi connectivity index (χ0n) is 20.5. The summed E-state index contributed by atoms with van der Waals surface area (Å²) in [5.41, 5.74) is 7.21. The Bertz CT molecular complexity index is 1380. The number of aromatic amines is 1. The zero-order valence-corrected chi connectivity index (χ0v) is 21.3. The molecule has 2 aliphatic rings. The maximum absolute atomic E-state index is 12.7. The summed E-state index contributed by atoms with van der Waals surface area (Å²) in [4.78, 5) is 25.8. The summed E-state index contributed by atoms with van der Waals surface area (Å²) in [6, 6.07) is 2.22. The number of aromatic nitrogens is 4. The number of nitrogens with one attached hydrogen (secondary N) is 1. The minimum atomic E-state index is 0.311. The van der Waals surface area contributed by atoms with Gasteiger partial charge in [-0.2, -0.15) is 5.10 Å². The van der Waals surface area contributed by atoms with Gasteiger partial charge in [-0.05, 0) is 74.1 Å². The van der Waals surface area contributed by atoms with E-state index < -0.39 is 0 Å².